The molecule has 3 rings (SSSR count). The summed E-state index contributed by atoms with van der Waals surface area (Å²) in [5, 5.41) is 31.8. The molecule has 2 unspecified atom stereocenters. The van der Waals surface area contributed by atoms with Gasteiger partial charge in [-0.15, -0.1) is 0 Å². The first kappa shape index (κ1) is 23.1. The first-order valence-electron chi connectivity index (χ1n) is 12.2. The molecule has 0 aromatic rings. The molecule has 0 saturated heterocycles. The van der Waals surface area contributed by atoms with Crippen molar-refractivity contribution < 1.29 is 20.1 Å². The molecule has 0 heterocycles. The van der Waals surface area contributed by atoms with Crippen molar-refractivity contribution in [1.29, 1.82) is 0 Å². The van der Waals surface area contributed by atoms with Crippen LogP contribution >= 0.6 is 0 Å². The summed E-state index contributed by atoms with van der Waals surface area (Å²) in [6, 6.07) is 0. The molecule has 0 bridgehead atoms. The smallest absolute Gasteiger partial charge is 0.303 e. The third-order valence-corrected chi connectivity index (χ3v) is 9.70. The Morgan fingerprint density at radius 2 is 1.86 bits per heavy atom. The summed E-state index contributed by atoms with van der Waals surface area (Å²) in [7, 11) is 0. The molecular formula is C25H44O4. The van der Waals surface area contributed by atoms with Crippen molar-refractivity contribution in [2.75, 3.05) is 0 Å². The monoisotopic (exact) mass is 408 g/mol. The van der Waals surface area contributed by atoms with E-state index in [1.165, 1.54) is 25.7 Å². The number of aliphatic carboxylic acids is 1. The average Bonchev–Trinajstić information content (AvgIpc) is 2.67. The fourth-order valence-electron chi connectivity index (χ4n) is 7.93. The van der Waals surface area contributed by atoms with Crippen LogP contribution in [0.2, 0.25) is 0 Å². The van der Waals surface area contributed by atoms with E-state index >= 15 is 0 Å². The third kappa shape index (κ3) is 4.26. The minimum atomic E-state index is -0.736. The molecule has 0 aromatic carbocycles. The summed E-state index contributed by atoms with van der Waals surface area (Å²) in [6.07, 6.45) is 9.95. The van der Waals surface area contributed by atoms with E-state index in [-0.39, 0.29) is 41.3 Å². The van der Waals surface area contributed by atoms with Crippen LogP contribution in [-0.4, -0.2) is 33.5 Å². The predicted octanol–water partition coefficient (Wildman–Crippen LogP) is 5.26. The molecule has 168 valence electrons. The predicted molar refractivity (Wildman–Crippen MR) is 115 cm³/mol. The van der Waals surface area contributed by atoms with Crippen LogP contribution in [0.5, 0.6) is 0 Å². The highest BCUT2D eigenvalue weighted by atomic mass is 16.4. The number of rotatable bonds is 7. The van der Waals surface area contributed by atoms with Gasteiger partial charge in [0.2, 0.25) is 0 Å². The molecule has 3 aliphatic carbocycles. The van der Waals surface area contributed by atoms with Gasteiger partial charge in [0, 0.05) is 6.42 Å². The normalized spacial score (nSPS) is 44.4. The molecule has 0 aromatic heterocycles. The van der Waals surface area contributed by atoms with Crippen molar-refractivity contribution in [3.63, 3.8) is 0 Å². The minimum Gasteiger partial charge on any atom is -0.481 e. The zero-order chi connectivity index (χ0) is 21.4. The fourth-order valence-corrected chi connectivity index (χ4v) is 7.93. The van der Waals surface area contributed by atoms with Crippen molar-refractivity contribution in [2.24, 2.45) is 40.4 Å². The maximum atomic E-state index is 11.5. The molecule has 3 fully saturated rings. The third-order valence-electron chi connectivity index (χ3n) is 9.70. The van der Waals surface area contributed by atoms with Gasteiger partial charge in [0.15, 0.2) is 0 Å². The lowest BCUT2D eigenvalue weighted by Crippen LogP contribution is -2.59. The fraction of sp³-hybridized carbons (Fsp3) is 0.960. The molecular weight excluding hydrogens is 364 g/mol. The zero-order valence-electron chi connectivity index (χ0n) is 19.1. The number of carboxylic acid groups (broad SMARTS) is 1. The molecule has 3 aliphatic rings. The molecule has 3 saturated carbocycles. The van der Waals surface area contributed by atoms with Gasteiger partial charge in [-0.3, -0.25) is 4.79 Å². The van der Waals surface area contributed by atoms with Gasteiger partial charge in [0.05, 0.1) is 12.2 Å². The van der Waals surface area contributed by atoms with Crippen molar-refractivity contribution in [1.82, 2.24) is 0 Å². The summed E-state index contributed by atoms with van der Waals surface area (Å²) in [5.74, 6) is 1.11. The largest absolute Gasteiger partial charge is 0.481 e. The summed E-state index contributed by atoms with van der Waals surface area (Å²) in [5.41, 5.74) is 0.0214. The topological polar surface area (TPSA) is 77.8 Å². The first-order valence-corrected chi connectivity index (χ1v) is 12.2. The van der Waals surface area contributed by atoms with Crippen LogP contribution in [0.4, 0.5) is 0 Å². The SMILES string of the molecule is CCCC(C(C)CCC(=O)O)[C@]1(C)C[C@@H]2[C@H](O)C[C@@H]3CCCC[C@]3(C)[C@H]2C[C@@H]1O. The second-order valence-electron chi connectivity index (χ2n) is 11.3. The highest BCUT2D eigenvalue weighted by Crippen LogP contribution is 2.63. The van der Waals surface area contributed by atoms with Gasteiger partial charge in [-0.25, -0.2) is 0 Å². The Hall–Kier alpha value is -0.610. The van der Waals surface area contributed by atoms with E-state index in [2.05, 4.69) is 27.7 Å². The van der Waals surface area contributed by atoms with Gasteiger partial charge in [0.1, 0.15) is 0 Å². The van der Waals surface area contributed by atoms with Crippen LogP contribution in [-0.2, 0) is 4.79 Å². The summed E-state index contributed by atoms with van der Waals surface area (Å²) in [4.78, 5) is 11.1. The lowest BCUT2D eigenvalue weighted by atomic mass is 9.44. The van der Waals surface area contributed by atoms with Crippen molar-refractivity contribution in [2.45, 2.75) is 111 Å². The van der Waals surface area contributed by atoms with Crippen LogP contribution < -0.4 is 0 Å². The number of hydrogen-bond donors (Lipinski definition) is 3. The minimum absolute atomic E-state index is 0.196. The maximum Gasteiger partial charge on any atom is 0.303 e. The van der Waals surface area contributed by atoms with Gasteiger partial charge in [-0.1, -0.05) is 47.0 Å². The second-order valence-corrected chi connectivity index (χ2v) is 11.3. The van der Waals surface area contributed by atoms with Crippen LogP contribution in [0.1, 0.15) is 98.3 Å². The molecule has 29 heavy (non-hydrogen) atoms. The number of aliphatic hydroxyl groups is 2. The number of aliphatic hydroxyl groups excluding tert-OH is 2. The Labute approximate surface area is 177 Å². The van der Waals surface area contributed by atoms with Gasteiger partial charge >= 0.3 is 5.97 Å². The standard InChI is InChI=1S/C25H44O4/c1-5-8-19(16(2)10-11-23(28)29)25(4)15-18-20(14-22(25)27)24(3)12-7-6-9-17(24)13-21(18)26/h16-22,26-27H,5-15H2,1-4H3,(H,28,29)/t16?,17-,18-,19?,20-,21+,22-,24-,25-/m0/s1. The van der Waals surface area contributed by atoms with Gasteiger partial charge in [-0.2, -0.15) is 0 Å². The summed E-state index contributed by atoms with van der Waals surface area (Å²) < 4.78 is 0. The highest BCUT2D eigenvalue weighted by Gasteiger charge is 2.59. The van der Waals surface area contributed by atoms with Crippen LogP contribution in [0.15, 0.2) is 0 Å². The van der Waals surface area contributed by atoms with Crippen LogP contribution in [0.3, 0.4) is 0 Å². The second kappa shape index (κ2) is 8.86. The van der Waals surface area contributed by atoms with Gasteiger partial charge in [-0.05, 0) is 85.4 Å². The Morgan fingerprint density at radius 1 is 1.14 bits per heavy atom. The van der Waals surface area contributed by atoms with E-state index in [1.807, 2.05) is 0 Å². The van der Waals surface area contributed by atoms with E-state index in [9.17, 15) is 15.0 Å². The van der Waals surface area contributed by atoms with Gasteiger partial charge < -0.3 is 15.3 Å². The molecule has 4 heteroatoms. The molecule has 3 N–H and O–H groups in total. The van der Waals surface area contributed by atoms with E-state index in [4.69, 9.17) is 5.11 Å². The molecule has 0 spiro atoms. The van der Waals surface area contributed by atoms with Crippen molar-refractivity contribution in [3.05, 3.63) is 0 Å². The number of carboxylic acids is 1. The Bertz CT molecular complexity index is 577. The van der Waals surface area contributed by atoms with E-state index in [0.717, 1.165) is 32.1 Å². The highest BCUT2D eigenvalue weighted by molar-refractivity contribution is 5.66. The maximum absolute atomic E-state index is 11.5. The summed E-state index contributed by atoms with van der Waals surface area (Å²) in [6.45, 7) is 9.02. The van der Waals surface area contributed by atoms with E-state index in [0.29, 0.717) is 24.2 Å². The molecule has 0 radical (unpaired) electrons. The number of carbonyl (C=O) groups is 1. The van der Waals surface area contributed by atoms with E-state index < -0.39 is 5.97 Å². The first-order chi connectivity index (χ1) is 13.6. The quantitative estimate of drug-likeness (QED) is 0.537. The van der Waals surface area contributed by atoms with Gasteiger partial charge in [0.25, 0.3) is 0 Å². The average molecular weight is 409 g/mol. The number of fused-ring (bicyclic) bond motifs is 3. The molecule has 4 nitrogen and oxygen atoms in total. The Balaban J connectivity index is 1.84. The van der Waals surface area contributed by atoms with Crippen LogP contribution in [0.25, 0.3) is 0 Å². The van der Waals surface area contributed by atoms with E-state index in [1.54, 1.807) is 0 Å². The van der Waals surface area contributed by atoms with Crippen LogP contribution in [0, 0.1) is 40.4 Å². The zero-order valence-corrected chi connectivity index (χ0v) is 19.1. The van der Waals surface area contributed by atoms with Crippen molar-refractivity contribution in [3.8, 4) is 0 Å². The van der Waals surface area contributed by atoms with Crippen molar-refractivity contribution >= 4 is 5.97 Å². The number of hydrogen-bond acceptors (Lipinski definition) is 3. The Kier molecular flexibility index (Phi) is 7.05. The summed E-state index contributed by atoms with van der Waals surface area (Å²) >= 11 is 0. The lowest BCUT2D eigenvalue weighted by molar-refractivity contribution is -0.184. The Morgan fingerprint density at radius 3 is 2.52 bits per heavy atom. The lowest BCUT2D eigenvalue weighted by Gasteiger charge is -2.62. The molecule has 0 amide bonds. The molecule has 9 atom stereocenters. The molecule has 0 aliphatic heterocycles.